The normalized spacial score (nSPS) is 14.8. The molecule has 0 saturated carbocycles. The van der Waals surface area contributed by atoms with Crippen LogP contribution in [0.3, 0.4) is 0 Å². The van der Waals surface area contributed by atoms with E-state index in [0.717, 1.165) is 71.0 Å². The summed E-state index contributed by atoms with van der Waals surface area (Å²) < 4.78 is 6.55. The van der Waals surface area contributed by atoms with Crippen LogP contribution in [0, 0.1) is 0 Å². The number of carbonyl (C=O) groups excluding carboxylic acids is 1. The molecule has 1 saturated heterocycles. The number of carbonyl (C=O) groups is 1. The highest BCUT2D eigenvalue weighted by Crippen LogP contribution is 2.31. The molecule has 0 N–H and O–H groups in total. The quantitative estimate of drug-likeness (QED) is 0.439. The van der Waals surface area contributed by atoms with Gasteiger partial charge in [-0.2, -0.15) is 0 Å². The van der Waals surface area contributed by atoms with Gasteiger partial charge in [-0.15, -0.1) is 0 Å². The molecule has 5 nitrogen and oxygen atoms in total. The Hall–Kier alpha value is -2.80. The molecule has 1 aliphatic heterocycles. The number of aromatic nitrogens is 1. The highest BCUT2D eigenvalue weighted by Gasteiger charge is 2.23. The minimum absolute atomic E-state index is 0.0119. The van der Waals surface area contributed by atoms with Crippen LogP contribution in [0.1, 0.15) is 16.8 Å². The van der Waals surface area contributed by atoms with E-state index < -0.39 is 0 Å². The van der Waals surface area contributed by atoms with Crippen LogP contribution in [0.2, 0.25) is 0 Å². The zero-order valence-corrected chi connectivity index (χ0v) is 18.2. The molecular weight excluding hydrogens is 406 g/mol. The molecule has 0 unspecified atom stereocenters. The minimum Gasteiger partial charge on any atom is -0.379 e. The lowest BCUT2D eigenvalue weighted by Crippen LogP contribution is -2.39. The average Bonchev–Trinajstić information content (AvgIpc) is 3.25. The van der Waals surface area contributed by atoms with Gasteiger partial charge in [-0.25, -0.2) is 4.98 Å². The molecule has 2 heterocycles. The van der Waals surface area contributed by atoms with Crippen molar-refractivity contribution in [2.45, 2.75) is 6.42 Å². The number of hydrogen-bond acceptors (Lipinski definition) is 5. The second-order valence-electron chi connectivity index (χ2n) is 7.76. The number of ether oxygens (including phenoxy) is 1. The summed E-state index contributed by atoms with van der Waals surface area (Å²) in [5.41, 5.74) is 1.66. The molecule has 5 rings (SSSR count). The van der Waals surface area contributed by atoms with E-state index in [1.165, 1.54) is 0 Å². The first-order valence-corrected chi connectivity index (χ1v) is 11.6. The van der Waals surface area contributed by atoms with Gasteiger partial charge in [-0.05, 0) is 35.4 Å². The van der Waals surface area contributed by atoms with Gasteiger partial charge in [0.1, 0.15) is 0 Å². The zero-order chi connectivity index (χ0) is 21.0. The van der Waals surface area contributed by atoms with Crippen molar-refractivity contribution in [3.8, 4) is 0 Å². The number of thiazole rings is 1. The van der Waals surface area contributed by atoms with Crippen LogP contribution in [0.5, 0.6) is 0 Å². The average molecular weight is 432 g/mol. The van der Waals surface area contributed by atoms with Crippen LogP contribution < -0.4 is 4.90 Å². The second kappa shape index (κ2) is 9.14. The Kier molecular flexibility index (Phi) is 5.93. The SMILES string of the molecule is O=C(c1cccc2ccccc12)N(CCCN1CCOCC1)c1nc2ccccc2s1. The first-order chi connectivity index (χ1) is 15.3. The maximum Gasteiger partial charge on any atom is 0.260 e. The minimum atomic E-state index is 0.0119. The molecule has 1 fully saturated rings. The smallest absolute Gasteiger partial charge is 0.260 e. The Morgan fingerprint density at radius 3 is 2.65 bits per heavy atom. The Morgan fingerprint density at radius 1 is 1.00 bits per heavy atom. The van der Waals surface area contributed by atoms with Gasteiger partial charge < -0.3 is 4.74 Å². The first-order valence-electron chi connectivity index (χ1n) is 10.7. The van der Waals surface area contributed by atoms with Gasteiger partial charge in [0, 0.05) is 31.7 Å². The number of benzene rings is 3. The number of rotatable bonds is 6. The summed E-state index contributed by atoms with van der Waals surface area (Å²) in [7, 11) is 0. The Bertz CT molecular complexity index is 1160. The number of hydrogen-bond donors (Lipinski definition) is 0. The van der Waals surface area contributed by atoms with Gasteiger partial charge >= 0.3 is 0 Å². The molecule has 3 aromatic carbocycles. The summed E-state index contributed by atoms with van der Waals surface area (Å²) in [4.78, 5) is 22.8. The van der Waals surface area contributed by atoms with Gasteiger partial charge in [0.2, 0.25) is 0 Å². The van der Waals surface area contributed by atoms with Gasteiger partial charge in [0.15, 0.2) is 5.13 Å². The molecule has 0 atom stereocenters. The van der Waals surface area contributed by atoms with Crippen molar-refractivity contribution in [3.63, 3.8) is 0 Å². The molecule has 4 aromatic rings. The maximum atomic E-state index is 13.8. The zero-order valence-electron chi connectivity index (χ0n) is 17.4. The third kappa shape index (κ3) is 4.32. The predicted molar refractivity (Wildman–Crippen MR) is 127 cm³/mol. The van der Waals surface area contributed by atoms with Crippen LogP contribution in [0.15, 0.2) is 66.7 Å². The van der Waals surface area contributed by atoms with Crippen LogP contribution in [-0.4, -0.2) is 55.2 Å². The molecule has 1 aromatic heterocycles. The monoisotopic (exact) mass is 431 g/mol. The van der Waals surface area contributed by atoms with Crippen LogP contribution in [0.4, 0.5) is 5.13 Å². The van der Waals surface area contributed by atoms with Crippen LogP contribution >= 0.6 is 11.3 Å². The van der Waals surface area contributed by atoms with E-state index >= 15 is 0 Å². The molecule has 1 aliphatic rings. The van der Waals surface area contributed by atoms with Gasteiger partial charge in [0.25, 0.3) is 5.91 Å². The molecule has 0 spiro atoms. The lowest BCUT2D eigenvalue weighted by molar-refractivity contribution is 0.0376. The fraction of sp³-hybridized carbons (Fsp3) is 0.280. The van der Waals surface area contributed by atoms with Crippen LogP contribution in [0.25, 0.3) is 21.0 Å². The van der Waals surface area contributed by atoms with E-state index in [1.54, 1.807) is 11.3 Å². The maximum absolute atomic E-state index is 13.8. The summed E-state index contributed by atoms with van der Waals surface area (Å²) in [6, 6.07) is 22.1. The van der Waals surface area contributed by atoms with E-state index in [4.69, 9.17) is 9.72 Å². The molecule has 0 bridgehead atoms. The van der Waals surface area contributed by atoms with Crippen molar-refractivity contribution in [2.24, 2.45) is 0 Å². The van der Waals surface area contributed by atoms with Crippen molar-refractivity contribution in [1.82, 2.24) is 9.88 Å². The fourth-order valence-electron chi connectivity index (χ4n) is 4.09. The highest BCUT2D eigenvalue weighted by atomic mass is 32.1. The van der Waals surface area contributed by atoms with Crippen molar-refractivity contribution >= 4 is 43.4 Å². The summed E-state index contributed by atoms with van der Waals surface area (Å²) in [5.74, 6) is 0.0119. The largest absolute Gasteiger partial charge is 0.379 e. The van der Waals surface area contributed by atoms with Gasteiger partial charge in [0.05, 0.1) is 23.4 Å². The van der Waals surface area contributed by atoms with E-state index in [2.05, 4.69) is 11.0 Å². The molecular formula is C25H25N3O2S. The summed E-state index contributed by atoms with van der Waals surface area (Å²) in [5, 5.41) is 2.82. The van der Waals surface area contributed by atoms with E-state index in [0.29, 0.717) is 6.54 Å². The van der Waals surface area contributed by atoms with Crippen molar-refractivity contribution < 1.29 is 9.53 Å². The van der Waals surface area contributed by atoms with Gasteiger partial charge in [-0.1, -0.05) is 59.9 Å². The number of para-hydroxylation sites is 1. The Balaban J connectivity index is 1.45. The topological polar surface area (TPSA) is 45.7 Å². The Labute approximate surface area is 185 Å². The number of nitrogens with zero attached hydrogens (tertiary/aromatic N) is 3. The highest BCUT2D eigenvalue weighted by molar-refractivity contribution is 7.22. The number of amides is 1. The second-order valence-corrected chi connectivity index (χ2v) is 8.76. The molecule has 0 radical (unpaired) electrons. The van der Waals surface area contributed by atoms with E-state index in [-0.39, 0.29) is 5.91 Å². The third-order valence-electron chi connectivity index (χ3n) is 5.74. The fourth-order valence-corrected chi connectivity index (χ4v) is 5.08. The van der Waals surface area contributed by atoms with Crippen molar-refractivity contribution in [2.75, 3.05) is 44.3 Å². The third-order valence-corrected chi connectivity index (χ3v) is 6.80. The lowest BCUT2D eigenvalue weighted by Gasteiger charge is -2.28. The first kappa shape index (κ1) is 20.1. The standard InChI is InChI=1S/C25H25N3O2S/c29-24(21-10-5-8-19-7-1-2-9-20(19)21)28(14-6-13-27-15-17-30-18-16-27)25-26-22-11-3-4-12-23(22)31-25/h1-5,7-12H,6,13-18H2. The van der Waals surface area contributed by atoms with E-state index in [1.807, 2.05) is 65.6 Å². The van der Waals surface area contributed by atoms with E-state index in [9.17, 15) is 4.79 Å². The molecule has 0 aliphatic carbocycles. The van der Waals surface area contributed by atoms with Crippen LogP contribution in [-0.2, 0) is 4.74 Å². The summed E-state index contributed by atoms with van der Waals surface area (Å²) >= 11 is 1.58. The number of morpholine rings is 1. The predicted octanol–water partition coefficient (Wildman–Crippen LogP) is 4.82. The molecule has 1 amide bonds. The molecule has 31 heavy (non-hydrogen) atoms. The molecule has 158 valence electrons. The number of fused-ring (bicyclic) bond motifs is 2. The summed E-state index contributed by atoms with van der Waals surface area (Å²) in [6.07, 6.45) is 0.895. The van der Waals surface area contributed by atoms with Gasteiger partial charge in [-0.3, -0.25) is 14.6 Å². The van der Waals surface area contributed by atoms with Crippen molar-refractivity contribution in [3.05, 3.63) is 72.3 Å². The van der Waals surface area contributed by atoms with Crippen molar-refractivity contribution in [1.29, 1.82) is 0 Å². The Morgan fingerprint density at radius 2 is 1.77 bits per heavy atom. The summed E-state index contributed by atoms with van der Waals surface area (Å²) in [6.45, 7) is 5.08. The number of anilines is 1. The molecule has 6 heteroatoms. The lowest BCUT2D eigenvalue weighted by atomic mass is 10.0.